The SMILES string of the molecule is CCC1[CH-]C2=CC=CCC2C1.CCC1[CH-]C2=CC=CCC2C1.Cl.Cl.[CH3-].[CH3-].[SiH2]=[Zr]. The molecule has 0 bridgehead atoms. The first-order chi connectivity index (χ1) is 11.8. The van der Waals surface area contributed by atoms with E-state index in [4.69, 9.17) is 0 Å². The minimum absolute atomic E-state index is 0. The molecule has 0 aliphatic heterocycles. The molecule has 0 heterocycles. The summed E-state index contributed by atoms with van der Waals surface area (Å²) in [7, 11) is 0. The van der Waals surface area contributed by atoms with E-state index in [2.05, 4.69) is 63.1 Å². The van der Waals surface area contributed by atoms with Gasteiger partial charge in [-0.3, -0.25) is 0 Å². The maximum atomic E-state index is 2.47. The molecule has 2 fully saturated rings. The van der Waals surface area contributed by atoms with Crippen LogP contribution in [0.25, 0.3) is 0 Å². The van der Waals surface area contributed by atoms with Gasteiger partial charge in [0.15, 0.2) is 0 Å². The number of halogens is 2. The van der Waals surface area contributed by atoms with Crippen molar-refractivity contribution in [1.29, 1.82) is 0 Å². The number of hydrogen-bond acceptors (Lipinski definition) is 0. The zero-order chi connectivity index (χ0) is 17.4. The summed E-state index contributed by atoms with van der Waals surface area (Å²) >= 11 is 1.58. The van der Waals surface area contributed by atoms with Gasteiger partial charge in [0.1, 0.15) is 0 Å². The molecule has 0 aromatic rings. The van der Waals surface area contributed by atoms with Gasteiger partial charge < -0.3 is 14.9 Å². The van der Waals surface area contributed by atoms with Crippen LogP contribution >= 0.6 is 24.8 Å². The van der Waals surface area contributed by atoms with E-state index in [1.54, 1.807) is 34.5 Å². The Hall–Kier alpha value is 0.380. The van der Waals surface area contributed by atoms with Crippen molar-refractivity contribution in [3.05, 3.63) is 75.3 Å². The number of allylic oxidation sites excluding steroid dienone is 8. The van der Waals surface area contributed by atoms with Gasteiger partial charge >= 0.3 is 30.2 Å². The van der Waals surface area contributed by atoms with E-state index in [-0.39, 0.29) is 39.7 Å². The van der Waals surface area contributed by atoms with Crippen LogP contribution in [0, 0.1) is 51.4 Å². The summed E-state index contributed by atoms with van der Waals surface area (Å²) in [6.07, 6.45) is 26.4. The van der Waals surface area contributed by atoms with Crippen LogP contribution in [-0.4, -0.2) is 6.88 Å². The van der Waals surface area contributed by atoms with E-state index in [0.29, 0.717) is 0 Å². The molecule has 4 unspecified atom stereocenters. The second-order valence-corrected chi connectivity index (χ2v) is 7.20. The Morgan fingerprint density at radius 2 is 1.18 bits per heavy atom. The van der Waals surface area contributed by atoms with Crippen LogP contribution < -0.4 is 0 Å². The van der Waals surface area contributed by atoms with Gasteiger partial charge in [0.25, 0.3) is 0 Å². The monoisotopic (exact) mass is 516 g/mol. The fourth-order valence-corrected chi connectivity index (χ4v) is 4.22. The predicted molar refractivity (Wildman–Crippen MR) is 132 cm³/mol. The third-order valence-corrected chi connectivity index (χ3v) is 5.71. The quantitative estimate of drug-likeness (QED) is 0.271. The summed E-state index contributed by atoms with van der Waals surface area (Å²) in [6, 6.07) is 0. The van der Waals surface area contributed by atoms with Crippen molar-refractivity contribution in [3.63, 3.8) is 0 Å². The van der Waals surface area contributed by atoms with Crippen molar-refractivity contribution in [2.75, 3.05) is 0 Å². The molecule has 4 aliphatic carbocycles. The summed E-state index contributed by atoms with van der Waals surface area (Å²) in [5.41, 5.74) is 3.19. The molecule has 4 rings (SSSR count). The fourth-order valence-electron chi connectivity index (χ4n) is 4.22. The molecule has 0 aromatic carbocycles. The summed E-state index contributed by atoms with van der Waals surface area (Å²) < 4.78 is 0. The molecular formula is C24H40Cl2SiZr-4. The maximum absolute atomic E-state index is 2.47. The third-order valence-electron chi connectivity index (χ3n) is 5.71. The van der Waals surface area contributed by atoms with Crippen LogP contribution in [0.3, 0.4) is 0 Å². The molecule has 2 saturated carbocycles. The molecule has 4 atom stereocenters. The van der Waals surface area contributed by atoms with E-state index >= 15 is 0 Å². The Kier molecular flexibility index (Phi) is 21.4. The Balaban J connectivity index is -0.000000363. The van der Waals surface area contributed by atoms with Crippen LogP contribution in [0.1, 0.15) is 52.4 Å². The van der Waals surface area contributed by atoms with Crippen molar-refractivity contribution < 1.29 is 23.3 Å². The van der Waals surface area contributed by atoms with Gasteiger partial charge in [0, 0.05) is 0 Å². The summed E-state index contributed by atoms with van der Waals surface area (Å²) in [6.45, 7) is 6.52. The van der Waals surface area contributed by atoms with Crippen LogP contribution in [0.4, 0.5) is 0 Å². The molecule has 0 nitrogen and oxygen atoms in total. The zero-order valence-corrected chi connectivity index (χ0v) is 23.7. The van der Waals surface area contributed by atoms with Crippen molar-refractivity contribution in [3.8, 4) is 0 Å². The number of hydrogen-bond donors (Lipinski definition) is 0. The standard InChI is InChI=1S/2C11H15.2CH3.2ClH.H2Si.Zr/c2*1-2-9-7-10-5-3-4-6-11(10)8-9;;;;;;/h2*3-5,7,9,11H,2,6,8H2,1H3;2*1H3;2*1H;1H2;/q4*-1;;;;. The Morgan fingerprint density at radius 1 is 0.821 bits per heavy atom. The van der Waals surface area contributed by atoms with Gasteiger partial charge in [-0.1, -0.05) is 51.4 Å². The first-order valence-electron chi connectivity index (χ1n) is 9.58. The van der Waals surface area contributed by atoms with Crippen LogP contribution in [0.2, 0.25) is 0 Å². The normalized spacial score (nSPS) is 27.2. The molecule has 4 heteroatoms. The predicted octanol–water partition coefficient (Wildman–Crippen LogP) is 7.07. The Labute approximate surface area is 205 Å². The van der Waals surface area contributed by atoms with Crippen LogP contribution in [0.5, 0.6) is 0 Å². The van der Waals surface area contributed by atoms with Gasteiger partial charge in [-0.2, -0.15) is 0 Å². The summed E-state index contributed by atoms with van der Waals surface area (Å²) in [4.78, 5) is 0. The molecule has 4 aliphatic rings. The van der Waals surface area contributed by atoms with Crippen molar-refractivity contribution in [1.82, 2.24) is 0 Å². The van der Waals surface area contributed by atoms with Gasteiger partial charge in [-0.25, -0.2) is 36.1 Å². The Morgan fingerprint density at radius 3 is 1.46 bits per heavy atom. The third kappa shape index (κ3) is 9.46. The minimum atomic E-state index is 0. The van der Waals surface area contributed by atoms with Crippen molar-refractivity contribution in [2.24, 2.45) is 23.7 Å². The molecule has 0 saturated heterocycles. The average Bonchev–Trinajstić information content (AvgIpc) is 3.27. The first kappa shape index (κ1) is 33.0. The molecule has 0 amide bonds. The van der Waals surface area contributed by atoms with Crippen molar-refractivity contribution >= 4 is 31.7 Å². The van der Waals surface area contributed by atoms with E-state index in [9.17, 15) is 0 Å². The van der Waals surface area contributed by atoms with E-state index in [1.807, 2.05) is 6.88 Å². The summed E-state index contributed by atoms with van der Waals surface area (Å²) in [5, 5.41) is 0. The molecule has 0 radical (unpaired) electrons. The zero-order valence-electron chi connectivity index (χ0n) is 18.2. The molecule has 28 heavy (non-hydrogen) atoms. The molecule has 162 valence electrons. The van der Waals surface area contributed by atoms with Gasteiger partial charge in [0.2, 0.25) is 0 Å². The number of rotatable bonds is 2. The fraction of sp³-hybridized carbons (Fsp3) is 0.500. The second kappa shape index (κ2) is 18.2. The Bertz CT molecular complexity index is 479. The van der Waals surface area contributed by atoms with E-state index < -0.39 is 0 Å². The van der Waals surface area contributed by atoms with E-state index in [1.165, 1.54) is 38.5 Å². The average molecular weight is 519 g/mol. The summed E-state index contributed by atoms with van der Waals surface area (Å²) in [5.74, 6) is 3.46. The van der Waals surface area contributed by atoms with Crippen LogP contribution in [-0.2, 0) is 23.3 Å². The van der Waals surface area contributed by atoms with Gasteiger partial charge in [-0.05, 0) is 24.7 Å². The number of fused-ring (bicyclic) bond motifs is 2. The molecule has 0 aromatic heterocycles. The molecular weight excluding hydrogens is 478 g/mol. The molecule has 0 spiro atoms. The van der Waals surface area contributed by atoms with Crippen molar-refractivity contribution in [2.45, 2.75) is 52.4 Å². The van der Waals surface area contributed by atoms with Gasteiger partial charge in [-0.15, -0.1) is 49.1 Å². The topological polar surface area (TPSA) is 0 Å². The van der Waals surface area contributed by atoms with Gasteiger partial charge in [0.05, 0.1) is 0 Å². The molecule has 0 N–H and O–H groups in total. The second-order valence-electron chi connectivity index (χ2n) is 7.20. The van der Waals surface area contributed by atoms with E-state index in [0.717, 1.165) is 23.7 Å². The first-order valence-corrected chi connectivity index (χ1v) is 15.5. The van der Waals surface area contributed by atoms with Crippen LogP contribution in [0.15, 0.2) is 47.6 Å².